The first kappa shape index (κ1) is 15.1. The molecule has 0 aliphatic carbocycles. The maximum atomic E-state index is 12.9. The van der Waals surface area contributed by atoms with Crippen LogP contribution in [0, 0.1) is 0 Å². The van der Waals surface area contributed by atoms with E-state index in [9.17, 15) is 13.9 Å². The van der Waals surface area contributed by atoms with E-state index in [0.717, 1.165) is 0 Å². The number of fused-ring (bicyclic) bond motifs is 1. The van der Waals surface area contributed by atoms with Crippen LogP contribution in [0.3, 0.4) is 0 Å². The van der Waals surface area contributed by atoms with Gasteiger partial charge in [-0.05, 0) is 18.2 Å². The molecule has 6 nitrogen and oxygen atoms in total. The van der Waals surface area contributed by atoms with Gasteiger partial charge in [-0.25, -0.2) is 28.7 Å². The number of hydrogen-bond acceptors (Lipinski definition) is 5. The van der Waals surface area contributed by atoms with Gasteiger partial charge in [0.15, 0.2) is 11.5 Å². The largest absolute Gasteiger partial charge is 0.508 e. The van der Waals surface area contributed by atoms with Gasteiger partial charge in [0.25, 0.3) is 6.43 Å². The number of hydrogen-bond donors (Lipinski definition) is 1. The molecule has 4 rings (SSSR count). The fourth-order valence-corrected chi connectivity index (χ4v) is 2.49. The lowest BCUT2D eigenvalue weighted by Crippen LogP contribution is -1.98. The van der Waals surface area contributed by atoms with E-state index in [1.165, 1.54) is 23.0 Å². The summed E-state index contributed by atoms with van der Waals surface area (Å²) in [6, 6.07) is 8.36. The third-order valence-corrected chi connectivity index (χ3v) is 3.67. The van der Waals surface area contributed by atoms with E-state index in [1.54, 1.807) is 36.5 Å². The molecule has 0 radical (unpaired) electrons. The fraction of sp³-hybridized carbons (Fsp3) is 0.0588. The number of phenols is 1. The van der Waals surface area contributed by atoms with Gasteiger partial charge in [-0.15, -0.1) is 0 Å². The number of benzene rings is 1. The summed E-state index contributed by atoms with van der Waals surface area (Å²) in [5.41, 5.74) is 1.86. The topological polar surface area (TPSA) is 76.2 Å². The van der Waals surface area contributed by atoms with Crippen molar-refractivity contribution < 1.29 is 13.9 Å². The van der Waals surface area contributed by atoms with Crippen LogP contribution in [-0.4, -0.2) is 29.4 Å². The van der Waals surface area contributed by atoms with E-state index in [2.05, 4.69) is 19.9 Å². The van der Waals surface area contributed by atoms with Gasteiger partial charge in [0.05, 0.1) is 18.1 Å². The highest BCUT2D eigenvalue weighted by molar-refractivity contribution is 5.64. The first-order chi connectivity index (χ1) is 12.1. The molecule has 25 heavy (non-hydrogen) atoms. The fourth-order valence-electron chi connectivity index (χ4n) is 2.49. The summed E-state index contributed by atoms with van der Waals surface area (Å²) in [6.45, 7) is 0. The van der Waals surface area contributed by atoms with Crippen molar-refractivity contribution >= 4 is 5.65 Å². The highest BCUT2D eigenvalue weighted by Crippen LogP contribution is 2.25. The SMILES string of the molecule is Oc1cccc(-c2ccnc(-c3cnc4cnc(C(F)F)cn34)n2)c1. The van der Waals surface area contributed by atoms with Gasteiger partial charge >= 0.3 is 0 Å². The van der Waals surface area contributed by atoms with Crippen LogP contribution in [0.1, 0.15) is 12.1 Å². The van der Waals surface area contributed by atoms with E-state index >= 15 is 0 Å². The summed E-state index contributed by atoms with van der Waals surface area (Å²) in [5, 5.41) is 9.62. The van der Waals surface area contributed by atoms with E-state index in [-0.39, 0.29) is 11.4 Å². The van der Waals surface area contributed by atoms with Gasteiger partial charge in [0.1, 0.15) is 17.1 Å². The Labute approximate surface area is 140 Å². The molecule has 124 valence electrons. The Morgan fingerprint density at radius 3 is 2.72 bits per heavy atom. The molecule has 3 aromatic heterocycles. The number of imidazole rings is 1. The van der Waals surface area contributed by atoms with Crippen molar-refractivity contribution in [1.29, 1.82) is 0 Å². The quantitative estimate of drug-likeness (QED) is 0.618. The molecule has 3 heterocycles. The number of halogens is 2. The summed E-state index contributed by atoms with van der Waals surface area (Å²) >= 11 is 0. The summed E-state index contributed by atoms with van der Waals surface area (Å²) in [6.07, 6.45) is 2.90. The van der Waals surface area contributed by atoms with Crippen molar-refractivity contribution in [3.8, 4) is 28.5 Å². The number of aromatic nitrogens is 5. The molecule has 4 aromatic rings. The van der Waals surface area contributed by atoms with E-state index in [1.807, 2.05) is 0 Å². The van der Waals surface area contributed by atoms with Gasteiger partial charge in [-0.3, -0.25) is 4.40 Å². The lowest BCUT2D eigenvalue weighted by atomic mass is 10.1. The van der Waals surface area contributed by atoms with Crippen LogP contribution in [0.2, 0.25) is 0 Å². The molecule has 0 unspecified atom stereocenters. The number of nitrogens with zero attached hydrogens (tertiary/aromatic N) is 5. The summed E-state index contributed by atoms with van der Waals surface area (Å²) < 4.78 is 27.3. The van der Waals surface area contributed by atoms with Crippen molar-refractivity contribution in [3.05, 3.63) is 60.8 Å². The lowest BCUT2D eigenvalue weighted by Gasteiger charge is -2.05. The average Bonchev–Trinajstić information content (AvgIpc) is 3.05. The van der Waals surface area contributed by atoms with Gasteiger partial charge in [-0.1, -0.05) is 12.1 Å². The number of alkyl halides is 2. The molecule has 0 atom stereocenters. The lowest BCUT2D eigenvalue weighted by molar-refractivity contribution is 0.145. The van der Waals surface area contributed by atoms with Crippen LogP contribution in [-0.2, 0) is 0 Å². The molecule has 0 spiro atoms. The number of aromatic hydroxyl groups is 1. The molecule has 0 amide bonds. The predicted molar refractivity (Wildman–Crippen MR) is 86.1 cm³/mol. The zero-order valence-electron chi connectivity index (χ0n) is 12.7. The molecular formula is C17H11F2N5O. The molecule has 0 bridgehead atoms. The van der Waals surface area contributed by atoms with Crippen molar-refractivity contribution in [1.82, 2.24) is 24.3 Å². The minimum Gasteiger partial charge on any atom is -0.508 e. The third-order valence-electron chi connectivity index (χ3n) is 3.67. The Morgan fingerprint density at radius 2 is 1.92 bits per heavy atom. The van der Waals surface area contributed by atoms with Gasteiger partial charge in [0.2, 0.25) is 0 Å². The smallest absolute Gasteiger partial charge is 0.281 e. The maximum absolute atomic E-state index is 12.9. The molecular weight excluding hydrogens is 328 g/mol. The Hall–Kier alpha value is -3.42. The van der Waals surface area contributed by atoms with Crippen LogP contribution >= 0.6 is 0 Å². The predicted octanol–water partition coefficient (Wildman–Crippen LogP) is 3.50. The second-order valence-electron chi connectivity index (χ2n) is 5.30. The van der Waals surface area contributed by atoms with Crippen LogP contribution in [0.4, 0.5) is 8.78 Å². The molecule has 0 aliphatic heterocycles. The molecule has 0 saturated carbocycles. The van der Waals surface area contributed by atoms with Gasteiger partial charge < -0.3 is 5.11 Å². The summed E-state index contributed by atoms with van der Waals surface area (Å²) in [7, 11) is 0. The molecule has 1 aromatic carbocycles. The minimum atomic E-state index is -2.68. The Bertz CT molecular complexity index is 1060. The van der Waals surface area contributed by atoms with E-state index in [4.69, 9.17) is 0 Å². The Balaban J connectivity index is 1.84. The maximum Gasteiger partial charge on any atom is 0.281 e. The van der Waals surface area contributed by atoms with Crippen molar-refractivity contribution in [2.75, 3.05) is 0 Å². The van der Waals surface area contributed by atoms with Crippen LogP contribution in [0.25, 0.3) is 28.4 Å². The molecule has 0 saturated heterocycles. The van der Waals surface area contributed by atoms with Gasteiger partial charge in [-0.2, -0.15) is 0 Å². The summed E-state index contributed by atoms with van der Waals surface area (Å²) in [4.78, 5) is 16.5. The van der Waals surface area contributed by atoms with Crippen LogP contribution in [0.15, 0.2) is 55.1 Å². The molecule has 1 N–H and O–H groups in total. The van der Waals surface area contributed by atoms with Crippen molar-refractivity contribution in [2.24, 2.45) is 0 Å². The Morgan fingerprint density at radius 1 is 1.04 bits per heavy atom. The first-order valence-corrected chi connectivity index (χ1v) is 7.36. The monoisotopic (exact) mass is 339 g/mol. The number of rotatable bonds is 3. The van der Waals surface area contributed by atoms with Gasteiger partial charge in [0, 0.05) is 18.0 Å². The van der Waals surface area contributed by atoms with Crippen LogP contribution < -0.4 is 0 Å². The van der Waals surface area contributed by atoms with Crippen molar-refractivity contribution in [3.63, 3.8) is 0 Å². The molecule has 0 aliphatic rings. The van der Waals surface area contributed by atoms with Crippen LogP contribution in [0.5, 0.6) is 5.75 Å². The highest BCUT2D eigenvalue weighted by Gasteiger charge is 2.14. The zero-order valence-corrected chi connectivity index (χ0v) is 12.7. The van der Waals surface area contributed by atoms with E-state index in [0.29, 0.717) is 28.4 Å². The highest BCUT2D eigenvalue weighted by atomic mass is 19.3. The average molecular weight is 339 g/mol. The third kappa shape index (κ3) is 2.78. The normalized spacial score (nSPS) is 11.3. The molecule has 0 fully saturated rings. The second-order valence-corrected chi connectivity index (χ2v) is 5.30. The molecule has 8 heteroatoms. The summed E-state index contributed by atoms with van der Waals surface area (Å²) in [5.74, 6) is 0.458. The zero-order chi connectivity index (χ0) is 17.4. The number of phenolic OH excluding ortho intramolecular Hbond substituents is 1. The second kappa shape index (κ2) is 5.90. The standard InChI is InChI=1S/C17H11F2N5O/c18-16(19)13-9-24-14(7-22-15(24)8-21-13)17-20-5-4-12(23-17)10-2-1-3-11(25)6-10/h1-9,16,25H. The van der Waals surface area contributed by atoms with Crippen molar-refractivity contribution in [2.45, 2.75) is 6.43 Å². The Kier molecular flexibility index (Phi) is 3.57. The minimum absolute atomic E-state index is 0.125. The first-order valence-electron chi connectivity index (χ1n) is 7.36. The van der Waals surface area contributed by atoms with E-state index < -0.39 is 6.43 Å².